The lowest BCUT2D eigenvalue weighted by Gasteiger charge is -2.28. The third-order valence-corrected chi connectivity index (χ3v) is 6.56. The largest absolute Gasteiger partial charge is 0.264 e. The first kappa shape index (κ1) is 14.9. The second-order valence-corrected chi connectivity index (χ2v) is 8.24. The van der Waals surface area contributed by atoms with Crippen LogP contribution in [0.25, 0.3) is 10.8 Å². The molecule has 0 aliphatic heterocycles. The Bertz CT molecular complexity index is 743. The van der Waals surface area contributed by atoms with Crippen LogP contribution in [-0.2, 0) is 10.0 Å². The predicted octanol–water partition coefficient (Wildman–Crippen LogP) is 3.22. The fourth-order valence-corrected chi connectivity index (χ4v) is 5.24. The number of sulfonamides is 1. The van der Waals surface area contributed by atoms with Crippen molar-refractivity contribution in [2.24, 2.45) is 0 Å². The first-order valence-corrected chi connectivity index (χ1v) is 9.47. The van der Waals surface area contributed by atoms with Gasteiger partial charge in [-0.2, -0.15) is 0 Å². The monoisotopic (exact) mass is 368 g/mol. The van der Waals surface area contributed by atoms with Gasteiger partial charge in [0.1, 0.15) is 0 Å². The van der Waals surface area contributed by atoms with E-state index in [-0.39, 0.29) is 10.9 Å². The third-order valence-electron chi connectivity index (χ3n) is 3.92. The molecule has 1 aliphatic rings. The lowest BCUT2D eigenvalue weighted by molar-refractivity contribution is 0.427. The molecule has 3 rings (SSSR count). The van der Waals surface area contributed by atoms with E-state index in [0.29, 0.717) is 10.3 Å². The first-order valence-electron chi connectivity index (χ1n) is 7.07. The SMILES string of the molecule is O=S(=O)(NC1CCCCC1Br)c1cccc2cnccc12. The molecular weight excluding hydrogens is 352 g/mol. The van der Waals surface area contributed by atoms with Crippen LogP contribution in [-0.4, -0.2) is 24.3 Å². The summed E-state index contributed by atoms with van der Waals surface area (Å²) >= 11 is 3.59. The number of nitrogens with zero attached hydrogens (tertiary/aromatic N) is 1. The summed E-state index contributed by atoms with van der Waals surface area (Å²) in [6, 6.07) is 6.98. The van der Waals surface area contributed by atoms with Crippen molar-refractivity contribution in [3.8, 4) is 0 Å². The van der Waals surface area contributed by atoms with Crippen molar-refractivity contribution in [2.75, 3.05) is 0 Å². The number of pyridine rings is 1. The molecule has 1 aromatic heterocycles. The standard InChI is InChI=1S/C15H17BrN2O2S/c16-13-5-1-2-6-14(13)18-21(19,20)15-7-3-4-11-10-17-9-8-12(11)15/h3-4,7-10,13-14,18H,1-2,5-6H2. The number of hydrogen-bond acceptors (Lipinski definition) is 3. The predicted molar refractivity (Wildman–Crippen MR) is 87.0 cm³/mol. The summed E-state index contributed by atoms with van der Waals surface area (Å²) in [5, 5.41) is 1.54. The summed E-state index contributed by atoms with van der Waals surface area (Å²) in [6.07, 6.45) is 7.40. The van der Waals surface area contributed by atoms with E-state index in [1.807, 2.05) is 6.07 Å². The lowest BCUT2D eigenvalue weighted by Crippen LogP contribution is -2.42. The topological polar surface area (TPSA) is 59.1 Å². The van der Waals surface area contributed by atoms with Crippen LogP contribution in [0.1, 0.15) is 25.7 Å². The minimum atomic E-state index is -3.53. The summed E-state index contributed by atoms with van der Waals surface area (Å²) in [7, 11) is -3.53. The van der Waals surface area contributed by atoms with Gasteiger partial charge >= 0.3 is 0 Å². The highest BCUT2D eigenvalue weighted by Gasteiger charge is 2.28. The quantitative estimate of drug-likeness (QED) is 0.846. The molecule has 6 heteroatoms. The van der Waals surface area contributed by atoms with Crippen LogP contribution >= 0.6 is 15.9 Å². The molecule has 2 aromatic rings. The number of benzene rings is 1. The van der Waals surface area contributed by atoms with E-state index in [2.05, 4.69) is 25.6 Å². The molecule has 0 bridgehead atoms. The lowest BCUT2D eigenvalue weighted by atomic mass is 9.96. The second-order valence-electron chi connectivity index (χ2n) is 5.38. The molecule has 1 heterocycles. The van der Waals surface area contributed by atoms with Gasteiger partial charge in [0.15, 0.2) is 0 Å². The fourth-order valence-electron chi connectivity index (χ4n) is 2.81. The van der Waals surface area contributed by atoms with E-state index in [4.69, 9.17) is 0 Å². The molecule has 2 unspecified atom stereocenters. The van der Waals surface area contributed by atoms with Crippen molar-refractivity contribution >= 4 is 36.7 Å². The maximum atomic E-state index is 12.7. The van der Waals surface area contributed by atoms with Crippen molar-refractivity contribution in [3.63, 3.8) is 0 Å². The van der Waals surface area contributed by atoms with E-state index in [0.717, 1.165) is 31.1 Å². The zero-order chi connectivity index (χ0) is 14.9. The van der Waals surface area contributed by atoms with E-state index >= 15 is 0 Å². The van der Waals surface area contributed by atoms with Gasteiger partial charge in [0.25, 0.3) is 0 Å². The highest BCUT2D eigenvalue weighted by molar-refractivity contribution is 9.09. The van der Waals surface area contributed by atoms with Crippen molar-refractivity contribution in [1.82, 2.24) is 9.71 Å². The van der Waals surface area contributed by atoms with Gasteiger partial charge in [-0.15, -0.1) is 0 Å². The van der Waals surface area contributed by atoms with Gasteiger partial charge in [0.2, 0.25) is 10.0 Å². The Balaban J connectivity index is 1.97. The van der Waals surface area contributed by atoms with E-state index in [9.17, 15) is 8.42 Å². The smallest absolute Gasteiger partial charge is 0.241 e. The summed E-state index contributed by atoms with van der Waals surface area (Å²) < 4.78 is 28.3. The molecule has 1 aliphatic carbocycles. The number of halogens is 1. The van der Waals surface area contributed by atoms with Crippen molar-refractivity contribution in [2.45, 2.75) is 41.4 Å². The molecule has 1 saturated carbocycles. The highest BCUT2D eigenvalue weighted by Crippen LogP contribution is 2.27. The van der Waals surface area contributed by atoms with Gasteiger partial charge in [-0.05, 0) is 25.0 Å². The third kappa shape index (κ3) is 3.12. The molecule has 0 saturated heterocycles. The van der Waals surface area contributed by atoms with Gasteiger partial charge in [-0.3, -0.25) is 4.98 Å². The van der Waals surface area contributed by atoms with Crippen LogP contribution in [0, 0.1) is 0 Å². The average molecular weight is 369 g/mol. The Morgan fingerprint density at radius 1 is 1.19 bits per heavy atom. The van der Waals surface area contributed by atoms with Gasteiger partial charge < -0.3 is 0 Å². The summed E-state index contributed by atoms with van der Waals surface area (Å²) in [5.74, 6) is 0. The molecule has 2 atom stereocenters. The maximum Gasteiger partial charge on any atom is 0.241 e. The number of alkyl halides is 1. The molecule has 1 N–H and O–H groups in total. The van der Waals surface area contributed by atoms with E-state index < -0.39 is 10.0 Å². The number of aromatic nitrogens is 1. The first-order chi connectivity index (χ1) is 10.1. The Morgan fingerprint density at radius 3 is 2.81 bits per heavy atom. The molecule has 21 heavy (non-hydrogen) atoms. The molecule has 0 radical (unpaired) electrons. The average Bonchev–Trinajstić information content (AvgIpc) is 2.49. The van der Waals surface area contributed by atoms with Crippen LogP contribution < -0.4 is 4.72 Å². The van der Waals surface area contributed by atoms with Crippen molar-refractivity contribution in [1.29, 1.82) is 0 Å². The van der Waals surface area contributed by atoms with Crippen LogP contribution in [0.15, 0.2) is 41.6 Å². The zero-order valence-electron chi connectivity index (χ0n) is 11.5. The van der Waals surface area contributed by atoms with Crippen LogP contribution in [0.3, 0.4) is 0 Å². The van der Waals surface area contributed by atoms with E-state index in [1.54, 1.807) is 30.6 Å². The fraction of sp³-hybridized carbons (Fsp3) is 0.400. The summed E-state index contributed by atoms with van der Waals surface area (Å²) in [5.41, 5.74) is 0. The number of hydrogen-bond donors (Lipinski definition) is 1. The van der Waals surface area contributed by atoms with Gasteiger partial charge in [-0.1, -0.05) is 40.9 Å². The molecule has 1 aromatic carbocycles. The van der Waals surface area contributed by atoms with Crippen LogP contribution in [0.4, 0.5) is 0 Å². The van der Waals surface area contributed by atoms with Gasteiger partial charge in [0, 0.05) is 34.0 Å². The van der Waals surface area contributed by atoms with Crippen molar-refractivity contribution < 1.29 is 8.42 Å². The molecule has 112 valence electrons. The van der Waals surface area contributed by atoms with Crippen LogP contribution in [0.5, 0.6) is 0 Å². The molecule has 0 spiro atoms. The van der Waals surface area contributed by atoms with Crippen LogP contribution in [0.2, 0.25) is 0 Å². The summed E-state index contributed by atoms with van der Waals surface area (Å²) in [6.45, 7) is 0. The maximum absolute atomic E-state index is 12.7. The van der Waals surface area contributed by atoms with E-state index in [1.165, 1.54) is 0 Å². The number of rotatable bonds is 3. The molecular formula is C15H17BrN2O2S. The summed E-state index contributed by atoms with van der Waals surface area (Å²) in [4.78, 5) is 4.57. The Labute approximate surface area is 133 Å². The minimum Gasteiger partial charge on any atom is -0.264 e. The molecule has 0 amide bonds. The Kier molecular flexibility index (Phi) is 4.28. The molecule has 1 fully saturated rings. The Hall–Kier alpha value is -0.980. The zero-order valence-corrected chi connectivity index (χ0v) is 13.9. The number of nitrogens with one attached hydrogen (secondary N) is 1. The highest BCUT2D eigenvalue weighted by atomic mass is 79.9. The Morgan fingerprint density at radius 2 is 2.00 bits per heavy atom. The minimum absolute atomic E-state index is 0.0409. The molecule has 4 nitrogen and oxygen atoms in total. The number of fused-ring (bicyclic) bond motifs is 1. The normalized spacial score (nSPS) is 23.3. The van der Waals surface area contributed by atoms with Gasteiger partial charge in [-0.25, -0.2) is 13.1 Å². The second kappa shape index (κ2) is 6.02. The van der Waals surface area contributed by atoms with Crippen molar-refractivity contribution in [3.05, 3.63) is 36.7 Å². The van der Waals surface area contributed by atoms with Gasteiger partial charge in [0.05, 0.1) is 4.90 Å².